The molecule has 2 rings (SSSR count). The third kappa shape index (κ3) is 5.04. The predicted octanol–water partition coefficient (Wildman–Crippen LogP) is 4.98. The fourth-order valence-electron chi connectivity index (χ4n) is 2.33. The Bertz CT molecular complexity index is 591. The molecule has 0 aliphatic carbocycles. The number of hydrogen-bond donors (Lipinski definition) is 0. The van der Waals surface area contributed by atoms with Crippen LogP contribution in [0.3, 0.4) is 0 Å². The van der Waals surface area contributed by atoms with Crippen LogP contribution in [0.5, 0.6) is 0 Å². The van der Waals surface area contributed by atoms with Crippen LogP contribution in [0.25, 0.3) is 0 Å². The molecule has 2 aromatic rings. The first-order valence-corrected chi connectivity index (χ1v) is 7.01. The summed E-state index contributed by atoms with van der Waals surface area (Å²) in [6.45, 7) is 0.572. The van der Waals surface area contributed by atoms with Crippen LogP contribution >= 0.6 is 0 Å². The molecule has 0 radical (unpaired) electrons. The van der Waals surface area contributed by atoms with Crippen molar-refractivity contribution in [2.45, 2.75) is 18.8 Å². The average Bonchev–Trinajstić information content (AvgIpc) is 2.48. The molecule has 0 heterocycles. The Balaban J connectivity index is 2.22. The summed E-state index contributed by atoms with van der Waals surface area (Å²) in [7, 11) is 1.82. The lowest BCUT2D eigenvalue weighted by atomic mass is 10.0. The lowest BCUT2D eigenvalue weighted by Gasteiger charge is -2.26. The number of hydrogen-bond acceptors (Lipinski definition) is 1. The third-order valence-electron chi connectivity index (χ3n) is 3.36. The Hall–Kier alpha value is -2.07. The van der Waals surface area contributed by atoms with Crippen LogP contribution < -0.4 is 0 Å². The SMILES string of the molecule is CN(Cc1ccccc1)[C@@H](/C=C/C(F)(F)F)c1ccccc1. The van der Waals surface area contributed by atoms with Gasteiger partial charge in [0.05, 0.1) is 6.04 Å². The van der Waals surface area contributed by atoms with Crippen LogP contribution in [0.4, 0.5) is 13.2 Å². The maximum Gasteiger partial charge on any atom is 0.409 e. The molecule has 0 saturated heterocycles. The minimum Gasteiger partial charge on any atom is -0.292 e. The van der Waals surface area contributed by atoms with E-state index in [4.69, 9.17) is 0 Å². The Labute approximate surface area is 128 Å². The summed E-state index contributed by atoms with van der Waals surface area (Å²) in [6.07, 6.45) is -2.79. The van der Waals surface area contributed by atoms with E-state index in [2.05, 4.69) is 0 Å². The second-order valence-corrected chi connectivity index (χ2v) is 5.16. The van der Waals surface area contributed by atoms with Gasteiger partial charge in [-0.05, 0) is 18.2 Å². The topological polar surface area (TPSA) is 3.24 Å². The molecule has 0 amide bonds. The number of likely N-dealkylation sites (N-methyl/N-ethyl adjacent to an activating group) is 1. The standard InChI is InChI=1S/C18H18F3N/c1-22(14-15-8-4-2-5-9-15)17(12-13-18(19,20)21)16-10-6-3-7-11-16/h2-13,17H,14H2,1H3/b13-12+/t17-/m0/s1. The molecule has 0 unspecified atom stereocenters. The highest BCUT2D eigenvalue weighted by Gasteiger charge is 2.24. The molecule has 0 aliphatic heterocycles. The number of benzene rings is 2. The van der Waals surface area contributed by atoms with E-state index >= 15 is 0 Å². The summed E-state index contributed by atoms with van der Waals surface area (Å²) in [4.78, 5) is 1.90. The largest absolute Gasteiger partial charge is 0.409 e. The van der Waals surface area contributed by atoms with Crippen molar-refractivity contribution in [3.8, 4) is 0 Å². The second-order valence-electron chi connectivity index (χ2n) is 5.16. The monoisotopic (exact) mass is 305 g/mol. The van der Waals surface area contributed by atoms with E-state index in [1.807, 2.05) is 72.6 Å². The lowest BCUT2D eigenvalue weighted by molar-refractivity contribution is -0.0803. The normalized spacial score (nSPS) is 13.7. The summed E-state index contributed by atoms with van der Waals surface area (Å²) in [6, 6.07) is 18.5. The van der Waals surface area contributed by atoms with E-state index in [0.717, 1.165) is 11.1 Å². The molecule has 0 aromatic heterocycles. The van der Waals surface area contributed by atoms with E-state index in [1.165, 1.54) is 6.08 Å². The van der Waals surface area contributed by atoms with Crippen LogP contribution in [-0.2, 0) is 6.54 Å². The summed E-state index contributed by atoms with van der Waals surface area (Å²) in [5.41, 5.74) is 1.90. The van der Waals surface area contributed by atoms with Gasteiger partial charge in [0.2, 0.25) is 0 Å². The van der Waals surface area contributed by atoms with E-state index in [0.29, 0.717) is 12.6 Å². The van der Waals surface area contributed by atoms with Gasteiger partial charge in [-0.1, -0.05) is 66.7 Å². The fourth-order valence-corrected chi connectivity index (χ4v) is 2.33. The van der Waals surface area contributed by atoms with Gasteiger partial charge < -0.3 is 0 Å². The highest BCUT2D eigenvalue weighted by molar-refractivity contribution is 5.24. The van der Waals surface area contributed by atoms with Gasteiger partial charge in [0.15, 0.2) is 0 Å². The molecule has 1 atom stereocenters. The first-order valence-electron chi connectivity index (χ1n) is 7.01. The minimum atomic E-state index is -4.30. The van der Waals surface area contributed by atoms with Crippen LogP contribution in [0.2, 0.25) is 0 Å². The molecule has 0 spiro atoms. The summed E-state index contributed by atoms with van der Waals surface area (Å²) in [5, 5.41) is 0. The molecule has 1 nitrogen and oxygen atoms in total. The van der Waals surface area contributed by atoms with Gasteiger partial charge >= 0.3 is 6.18 Å². The van der Waals surface area contributed by atoms with Crippen molar-refractivity contribution in [1.29, 1.82) is 0 Å². The maximum atomic E-state index is 12.5. The quantitative estimate of drug-likeness (QED) is 0.704. The third-order valence-corrected chi connectivity index (χ3v) is 3.36. The maximum absolute atomic E-state index is 12.5. The highest BCUT2D eigenvalue weighted by atomic mass is 19.4. The van der Waals surface area contributed by atoms with Gasteiger partial charge in [-0.15, -0.1) is 0 Å². The van der Waals surface area contributed by atoms with Crippen LogP contribution in [-0.4, -0.2) is 18.1 Å². The smallest absolute Gasteiger partial charge is 0.292 e. The summed E-state index contributed by atoms with van der Waals surface area (Å²) in [5.74, 6) is 0. The molecule has 0 aliphatic rings. The Morgan fingerprint density at radius 1 is 0.955 bits per heavy atom. The number of halogens is 3. The number of nitrogens with zero attached hydrogens (tertiary/aromatic N) is 1. The molecule has 0 fully saturated rings. The Morgan fingerprint density at radius 2 is 1.50 bits per heavy atom. The number of alkyl halides is 3. The first-order chi connectivity index (χ1) is 10.5. The van der Waals surface area contributed by atoms with Crippen LogP contribution in [0.15, 0.2) is 72.8 Å². The van der Waals surface area contributed by atoms with Crippen molar-refractivity contribution >= 4 is 0 Å². The van der Waals surface area contributed by atoms with E-state index in [9.17, 15) is 13.2 Å². The zero-order chi connectivity index (χ0) is 16.0. The Kier molecular flexibility index (Phi) is 5.39. The number of rotatable bonds is 5. The molecule has 4 heteroatoms. The van der Waals surface area contributed by atoms with Crippen molar-refractivity contribution in [3.63, 3.8) is 0 Å². The van der Waals surface area contributed by atoms with Crippen molar-refractivity contribution in [2.75, 3.05) is 7.05 Å². The zero-order valence-electron chi connectivity index (χ0n) is 12.3. The Morgan fingerprint density at radius 3 is 2.05 bits per heavy atom. The average molecular weight is 305 g/mol. The molecule has 2 aromatic carbocycles. The van der Waals surface area contributed by atoms with Crippen molar-refractivity contribution in [2.24, 2.45) is 0 Å². The lowest BCUT2D eigenvalue weighted by Crippen LogP contribution is -2.23. The molecule has 0 saturated carbocycles. The van der Waals surface area contributed by atoms with Crippen LogP contribution in [0.1, 0.15) is 17.2 Å². The van der Waals surface area contributed by atoms with Gasteiger partial charge in [-0.3, -0.25) is 4.90 Å². The molecule has 0 N–H and O–H groups in total. The highest BCUT2D eigenvalue weighted by Crippen LogP contribution is 2.25. The van der Waals surface area contributed by atoms with Gasteiger partial charge in [0.25, 0.3) is 0 Å². The van der Waals surface area contributed by atoms with Gasteiger partial charge in [-0.25, -0.2) is 0 Å². The van der Waals surface area contributed by atoms with Gasteiger partial charge in [0, 0.05) is 12.6 Å². The van der Waals surface area contributed by atoms with Crippen molar-refractivity contribution < 1.29 is 13.2 Å². The predicted molar refractivity (Wildman–Crippen MR) is 82.3 cm³/mol. The molecule has 0 bridgehead atoms. The molecular formula is C18H18F3N. The zero-order valence-corrected chi connectivity index (χ0v) is 12.3. The fraction of sp³-hybridized carbons (Fsp3) is 0.222. The summed E-state index contributed by atoms with van der Waals surface area (Å²) >= 11 is 0. The van der Waals surface area contributed by atoms with Gasteiger partial charge in [0.1, 0.15) is 0 Å². The van der Waals surface area contributed by atoms with Crippen molar-refractivity contribution in [3.05, 3.63) is 83.9 Å². The number of allylic oxidation sites excluding steroid dienone is 1. The molecule has 22 heavy (non-hydrogen) atoms. The molecule has 116 valence electrons. The summed E-state index contributed by atoms with van der Waals surface area (Å²) < 4.78 is 37.6. The van der Waals surface area contributed by atoms with Crippen molar-refractivity contribution in [1.82, 2.24) is 4.90 Å². The van der Waals surface area contributed by atoms with E-state index < -0.39 is 12.2 Å². The van der Waals surface area contributed by atoms with E-state index in [-0.39, 0.29) is 0 Å². The van der Waals surface area contributed by atoms with Crippen LogP contribution in [0, 0.1) is 0 Å². The second kappa shape index (κ2) is 7.27. The first kappa shape index (κ1) is 16.3. The van der Waals surface area contributed by atoms with Gasteiger partial charge in [-0.2, -0.15) is 13.2 Å². The van der Waals surface area contributed by atoms with E-state index in [1.54, 1.807) is 0 Å². The minimum absolute atomic E-state index is 0.312. The molecular weight excluding hydrogens is 287 g/mol.